The first-order chi connectivity index (χ1) is 11.3. The van der Waals surface area contributed by atoms with E-state index in [2.05, 4.69) is 0 Å². The van der Waals surface area contributed by atoms with Gasteiger partial charge in [0.15, 0.2) is 0 Å². The molecule has 7 nitrogen and oxygen atoms in total. The number of fused-ring (bicyclic) bond motifs is 1. The van der Waals surface area contributed by atoms with Gasteiger partial charge in [-0.1, -0.05) is 19.9 Å². The number of nitro benzene ring substituents is 1. The third-order valence-electron chi connectivity index (χ3n) is 3.76. The van der Waals surface area contributed by atoms with Crippen LogP contribution >= 0.6 is 0 Å². The van der Waals surface area contributed by atoms with Crippen molar-refractivity contribution in [3.63, 3.8) is 0 Å². The van der Waals surface area contributed by atoms with Gasteiger partial charge in [0.25, 0.3) is 11.2 Å². The highest BCUT2D eigenvalue weighted by atomic mass is 16.6. The fraction of sp³-hybridized carbons (Fsp3) is 0.412. The molecule has 0 N–H and O–H groups in total. The van der Waals surface area contributed by atoms with Gasteiger partial charge in [0.2, 0.25) is 0 Å². The number of carbonyl (C=O) groups is 1. The van der Waals surface area contributed by atoms with E-state index in [1.165, 1.54) is 29.8 Å². The van der Waals surface area contributed by atoms with Crippen LogP contribution in [0.25, 0.3) is 10.8 Å². The summed E-state index contributed by atoms with van der Waals surface area (Å²) in [5.41, 5.74) is -0.425. The zero-order valence-corrected chi connectivity index (χ0v) is 13.9. The Hall–Kier alpha value is -2.70. The summed E-state index contributed by atoms with van der Waals surface area (Å²) >= 11 is 0. The SMILES string of the molecule is CC(=O)OC[C@@H](CC(C)C)n1ccc2c([N+](=O)[O-])cccc2c1=O. The molecule has 1 atom stereocenters. The van der Waals surface area contributed by atoms with E-state index in [-0.39, 0.29) is 29.3 Å². The first kappa shape index (κ1) is 17.7. The van der Waals surface area contributed by atoms with E-state index in [1.54, 1.807) is 12.1 Å². The molecule has 1 aromatic heterocycles. The van der Waals surface area contributed by atoms with Crippen molar-refractivity contribution < 1.29 is 14.5 Å². The normalized spacial score (nSPS) is 12.3. The molecule has 0 bridgehead atoms. The Morgan fingerprint density at radius 3 is 2.58 bits per heavy atom. The molecule has 0 fully saturated rings. The van der Waals surface area contributed by atoms with Crippen LogP contribution in [0.3, 0.4) is 0 Å². The fourth-order valence-corrected chi connectivity index (χ4v) is 2.74. The van der Waals surface area contributed by atoms with E-state index in [9.17, 15) is 19.7 Å². The Kier molecular flexibility index (Phi) is 5.33. The molecule has 0 unspecified atom stereocenters. The summed E-state index contributed by atoms with van der Waals surface area (Å²) < 4.78 is 6.58. The third kappa shape index (κ3) is 3.79. The number of carbonyl (C=O) groups excluding carboxylic acids is 1. The van der Waals surface area contributed by atoms with Gasteiger partial charge in [0.05, 0.1) is 21.7 Å². The first-order valence-electron chi connectivity index (χ1n) is 7.73. The lowest BCUT2D eigenvalue weighted by Gasteiger charge is -2.21. The second-order valence-electron chi connectivity index (χ2n) is 6.11. The molecule has 0 aliphatic carbocycles. The molecule has 0 amide bonds. The number of esters is 1. The van der Waals surface area contributed by atoms with Crippen LogP contribution in [0.1, 0.15) is 33.2 Å². The summed E-state index contributed by atoms with van der Waals surface area (Å²) in [6.07, 6.45) is 2.18. The minimum atomic E-state index is -0.503. The molecule has 0 aliphatic heterocycles. The monoisotopic (exact) mass is 332 g/mol. The van der Waals surface area contributed by atoms with E-state index in [0.29, 0.717) is 17.7 Å². The number of nitrogens with zero attached hydrogens (tertiary/aromatic N) is 2. The maximum atomic E-state index is 12.8. The Bertz CT molecular complexity index is 825. The predicted octanol–water partition coefficient (Wildman–Crippen LogP) is 3.06. The highest BCUT2D eigenvalue weighted by molar-refractivity contribution is 5.89. The van der Waals surface area contributed by atoms with E-state index in [1.807, 2.05) is 13.8 Å². The quantitative estimate of drug-likeness (QED) is 0.460. The van der Waals surface area contributed by atoms with Crippen molar-refractivity contribution in [1.82, 2.24) is 4.57 Å². The molecule has 0 aliphatic rings. The number of rotatable bonds is 6. The van der Waals surface area contributed by atoms with Gasteiger partial charge < -0.3 is 9.30 Å². The highest BCUT2D eigenvalue weighted by Crippen LogP contribution is 2.24. The lowest BCUT2D eigenvalue weighted by atomic mass is 10.0. The summed E-state index contributed by atoms with van der Waals surface area (Å²) in [7, 11) is 0. The van der Waals surface area contributed by atoms with Crippen LogP contribution in [0.2, 0.25) is 0 Å². The summed E-state index contributed by atoms with van der Waals surface area (Å²) in [5.74, 6) is -0.119. The summed E-state index contributed by atoms with van der Waals surface area (Å²) in [4.78, 5) is 34.5. The molecule has 1 heterocycles. The molecule has 1 aromatic carbocycles. The number of ether oxygens (including phenoxy) is 1. The van der Waals surface area contributed by atoms with Crippen LogP contribution < -0.4 is 5.56 Å². The molecule has 2 aromatic rings. The molecule has 7 heteroatoms. The van der Waals surface area contributed by atoms with Gasteiger partial charge in [-0.3, -0.25) is 19.7 Å². The standard InChI is InChI=1S/C17H20N2O5/c1-11(2)9-13(10-24-12(3)20)18-8-7-14-15(17(18)21)5-4-6-16(14)19(22)23/h4-8,11,13H,9-10H2,1-3H3/t13-/m1/s1. The van der Waals surface area contributed by atoms with Crippen molar-refractivity contribution in [1.29, 1.82) is 0 Å². The summed E-state index contributed by atoms with van der Waals surface area (Å²) in [6.45, 7) is 5.43. The number of pyridine rings is 1. The Morgan fingerprint density at radius 1 is 1.29 bits per heavy atom. The van der Waals surface area contributed by atoms with Crippen LogP contribution in [-0.4, -0.2) is 22.1 Å². The highest BCUT2D eigenvalue weighted by Gasteiger charge is 2.19. The van der Waals surface area contributed by atoms with Gasteiger partial charge in [-0.15, -0.1) is 0 Å². The van der Waals surface area contributed by atoms with Crippen LogP contribution in [0.4, 0.5) is 5.69 Å². The minimum absolute atomic E-state index is 0.0911. The van der Waals surface area contributed by atoms with Crippen LogP contribution in [-0.2, 0) is 9.53 Å². The zero-order valence-electron chi connectivity index (χ0n) is 13.9. The number of hydrogen-bond acceptors (Lipinski definition) is 5. The van der Waals surface area contributed by atoms with Gasteiger partial charge >= 0.3 is 5.97 Å². The first-order valence-corrected chi connectivity index (χ1v) is 7.73. The van der Waals surface area contributed by atoms with Gasteiger partial charge in [-0.05, 0) is 24.5 Å². The van der Waals surface area contributed by atoms with Crippen molar-refractivity contribution >= 4 is 22.4 Å². The largest absolute Gasteiger partial charge is 0.464 e. The van der Waals surface area contributed by atoms with E-state index in [0.717, 1.165) is 0 Å². The van der Waals surface area contributed by atoms with Gasteiger partial charge in [-0.2, -0.15) is 0 Å². The van der Waals surface area contributed by atoms with Crippen LogP contribution in [0.5, 0.6) is 0 Å². The molecular weight excluding hydrogens is 312 g/mol. The maximum Gasteiger partial charge on any atom is 0.302 e. The summed E-state index contributed by atoms with van der Waals surface area (Å²) in [6, 6.07) is 5.69. The van der Waals surface area contributed by atoms with Crippen molar-refractivity contribution in [3.8, 4) is 0 Å². The third-order valence-corrected chi connectivity index (χ3v) is 3.76. The molecule has 2 rings (SSSR count). The minimum Gasteiger partial charge on any atom is -0.464 e. The van der Waals surface area contributed by atoms with Gasteiger partial charge in [-0.25, -0.2) is 0 Å². The van der Waals surface area contributed by atoms with Crippen molar-refractivity contribution in [2.24, 2.45) is 5.92 Å². The lowest BCUT2D eigenvalue weighted by molar-refractivity contribution is -0.383. The maximum absolute atomic E-state index is 12.8. The van der Waals surface area contributed by atoms with Crippen LogP contribution in [0, 0.1) is 16.0 Å². The molecule has 0 saturated heterocycles. The predicted molar refractivity (Wildman–Crippen MR) is 90.0 cm³/mol. The topological polar surface area (TPSA) is 91.4 Å². The summed E-state index contributed by atoms with van der Waals surface area (Å²) in [5, 5.41) is 11.7. The van der Waals surface area contributed by atoms with Crippen molar-refractivity contribution in [3.05, 3.63) is 50.9 Å². The Balaban J connectivity index is 2.53. The number of non-ortho nitro benzene ring substituents is 1. The lowest BCUT2D eigenvalue weighted by Crippen LogP contribution is -2.29. The fourth-order valence-electron chi connectivity index (χ4n) is 2.74. The molecular formula is C17H20N2O5. The van der Waals surface area contributed by atoms with Crippen LogP contribution in [0.15, 0.2) is 35.3 Å². The van der Waals surface area contributed by atoms with E-state index in [4.69, 9.17) is 4.74 Å². The second-order valence-corrected chi connectivity index (χ2v) is 6.11. The molecule has 128 valence electrons. The smallest absolute Gasteiger partial charge is 0.302 e. The van der Waals surface area contributed by atoms with Gasteiger partial charge in [0.1, 0.15) is 6.61 Å². The average Bonchev–Trinajstić information content (AvgIpc) is 2.51. The van der Waals surface area contributed by atoms with Crippen molar-refractivity contribution in [2.45, 2.75) is 33.2 Å². The van der Waals surface area contributed by atoms with Crippen molar-refractivity contribution in [2.75, 3.05) is 6.61 Å². The van der Waals surface area contributed by atoms with E-state index >= 15 is 0 Å². The van der Waals surface area contributed by atoms with E-state index < -0.39 is 10.9 Å². The zero-order chi connectivity index (χ0) is 17.9. The number of aromatic nitrogens is 1. The number of nitro groups is 1. The Labute approximate surface area is 139 Å². The Morgan fingerprint density at radius 2 is 2.00 bits per heavy atom. The number of benzene rings is 1. The molecule has 0 radical (unpaired) electrons. The molecule has 24 heavy (non-hydrogen) atoms. The molecule has 0 saturated carbocycles. The number of hydrogen-bond donors (Lipinski definition) is 0. The van der Waals surface area contributed by atoms with Gasteiger partial charge in [0, 0.05) is 19.2 Å². The second kappa shape index (κ2) is 7.25. The molecule has 0 spiro atoms. The average molecular weight is 332 g/mol.